The van der Waals surface area contributed by atoms with E-state index in [4.69, 9.17) is 0 Å². The van der Waals surface area contributed by atoms with E-state index >= 15 is 0 Å². The van der Waals surface area contributed by atoms with Crippen LogP contribution in [-0.2, 0) is 6.54 Å². The van der Waals surface area contributed by atoms with Gasteiger partial charge in [-0.2, -0.15) is 5.10 Å². The molecule has 0 aliphatic rings. The second-order valence-electron chi connectivity index (χ2n) is 6.61. The van der Waals surface area contributed by atoms with Crippen molar-refractivity contribution in [2.45, 2.75) is 40.3 Å². The van der Waals surface area contributed by atoms with E-state index in [2.05, 4.69) is 41.5 Å². The number of hydrogen-bond donors (Lipinski definition) is 2. The van der Waals surface area contributed by atoms with Gasteiger partial charge in [0.1, 0.15) is 0 Å². The van der Waals surface area contributed by atoms with E-state index in [1.807, 2.05) is 41.9 Å². The summed E-state index contributed by atoms with van der Waals surface area (Å²) in [5, 5.41) is 11.6. The molecule has 2 heterocycles. The van der Waals surface area contributed by atoms with Crippen molar-refractivity contribution in [3.8, 4) is 0 Å². The lowest BCUT2D eigenvalue weighted by molar-refractivity contribution is 0.102. The molecule has 0 atom stereocenters. The van der Waals surface area contributed by atoms with Crippen molar-refractivity contribution in [1.29, 1.82) is 0 Å². The van der Waals surface area contributed by atoms with Crippen molar-refractivity contribution in [2.24, 2.45) is 0 Å². The van der Waals surface area contributed by atoms with Gasteiger partial charge in [-0.3, -0.25) is 4.79 Å². The van der Waals surface area contributed by atoms with Crippen LogP contribution in [0.3, 0.4) is 0 Å². The summed E-state index contributed by atoms with van der Waals surface area (Å²) >= 11 is 0. The molecule has 6 nitrogen and oxygen atoms in total. The molecule has 0 spiro atoms. The third-order valence-corrected chi connectivity index (χ3v) is 4.32. The molecule has 0 radical (unpaired) electrons. The van der Waals surface area contributed by atoms with Crippen LogP contribution in [0.15, 0.2) is 36.5 Å². The number of nitrogens with one attached hydrogen (secondary N) is 2. The van der Waals surface area contributed by atoms with Gasteiger partial charge in [0.2, 0.25) is 0 Å². The average Bonchev–Trinajstić information content (AvgIpc) is 3.03. The van der Waals surface area contributed by atoms with Gasteiger partial charge in [0.25, 0.3) is 5.91 Å². The van der Waals surface area contributed by atoms with Crippen molar-refractivity contribution < 1.29 is 4.79 Å². The standard InChI is InChI=1S/C20H25N5O/c1-5-21-11-15-8-6-7-9-18(15)24-20(26)17-10-16-12-22-25(13(2)3)19(16)23-14(17)4/h6-10,12-13,21H,5,11H2,1-4H3,(H,24,26). The lowest BCUT2D eigenvalue weighted by Crippen LogP contribution is -2.18. The summed E-state index contributed by atoms with van der Waals surface area (Å²) in [6, 6.07) is 9.92. The van der Waals surface area contributed by atoms with E-state index in [0.717, 1.165) is 28.8 Å². The maximum atomic E-state index is 12.8. The summed E-state index contributed by atoms with van der Waals surface area (Å²) in [7, 11) is 0. The summed E-state index contributed by atoms with van der Waals surface area (Å²) in [5.74, 6) is -0.154. The third kappa shape index (κ3) is 3.60. The molecule has 26 heavy (non-hydrogen) atoms. The lowest BCUT2D eigenvalue weighted by Gasteiger charge is -2.13. The summed E-state index contributed by atoms with van der Waals surface area (Å²) in [6.45, 7) is 9.63. The topological polar surface area (TPSA) is 71.8 Å². The van der Waals surface area contributed by atoms with Crippen LogP contribution in [0.4, 0.5) is 5.69 Å². The summed E-state index contributed by atoms with van der Waals surface area (Å²) < 4.78 is 1.87. The molecule has 136 valence electrons. The number of pyridine rings is 1. The van der Waals surface area contributed by atoms with Crippen molar-refractivity contribution in [1.82, 2.24) is 20.1 Å². The van der Waals surface area contributed by atoms with Gasteiger partial charge < -0.3 is 10.6 Å². The molecule has 0 aliphatic carbocycles. The first-order valence-electron chi connectivity index (χ1n) is 8.96. The Morgan fingerprint density at radius 1 is 1.27 bits per heavy atom. The molecule has 0 bridgehead atoms. The number of aryl methyl sites for hydroxylation is 1. The highest BCUT2D eigenvalue weighted by atomic mass is 16.1. The molecule has 0 unspecified atom stereocenters. The van der Waals surface area contributed by atoms with Crippen molar-refractivity contribution >= 4 is 22.6 Å². The number of aromatic nitrogens is 3. The van der Waals surface area contributed by atoms with Crippen LogP contribution in [0.25, 0.3) is 11.0 Å². The van der Waals surface area contributed by atoms with E-state index in [9.17, 15) is 4.79 Å². The van der Waals surface area contributed by atoms with Crippen molar-refractivity contribution in [3.63, 3.8) is 0 Å². The Balaban J connectivity index is 1.90. The fraction of sp³-hybridized carbons (Fsp3) is 0.350. The number of hydrogen-bond acceptors (Lipinski definition) is 4. The van der Waals surface area contributed by atoms with Crippen LogP contribution in [0, 0.1) is 6.92 Å². The van der Waals surface area contributed by atoms with Gasteiger partial charge >= 0.3 is 0 Å². The second-order valence-corrected chi connectivity index (χ2v) is 6.61. The zero-order chi connectivity index (χ0) is 18.7. The zero-order valence-electron chi connectivity index (χ0n) is 15.7. The summed E-state index contributed by atoms with van der Waals surface area (Å²) in [5.41, 5.74) is 3.94. The number of benzene rings is 1. The molecule has 0 saturated carbocycles. The number of fused-ring (bicyclic) bond motifs is 1. The van der Waals surface area contributed by atoms with Crippen LogP contribution in [0.5, 0.6) is 0 Å². The number of rotatable bonds is 6. The smallest absolute Gasteiger partial charge is 0.257 e. The van der Waals surface area contributed by atoms with Gasteiger partial charge in [-0.25, -0.2) is 9.67 Å². The molecule has 1 amide bonds. The lowest BCUT2D eigenvalue weighted by atomic mass is 10.1. The number of nitrogens with zero attached hydrogens (tertiary/aromatic N) is 3. The molecule has 0 fully saturated rings. The highest BCUT2D eigenvalue weighted by molar-refractivity contribution is 6.06. The van der Waals surface area contributed by atoms with Crippen LogP contribution >= 0.6 is 0 Å². The zero-order valence-corrected chi connectivity index (χ0v) is 15.7. The molecule has 3 rings (SSSR count). The normalized spacial score (nSPS) is 11.3. The van der Waals surface area contributed by atoms with Crippen molar-refractivity contribution in [3.05, 3.63) is 53.3 Å². The maximum absolute atomic E-state index is 12.8. The fourth-order valence-electron chi connectivity index (χ4n) is 2.92. The first kappa shape index (κ1) is 18.1. The predicted octanol–water partition coefficient (Wildman–Crippen LogP) is 3.68. The number of para-hydroxylation sites is 1. The van der Waals surface area contributed by atoms with Crippen LogP contribution in [-0.4, -0.2) is 27.2 Å². The number of anilines is 1. The second kappa shape index (κ2) is 7.66. The first-order valence-corrected chi connectivity index (χ1v) is 8.96. The molecule has 0 saturated heterocycles. The molecular formula is C20H25N5O. The Bertz CT molecular complexity index is 929. The van der Waals surface area contributed by atoms with Crippen LogP contribution < -0.4 is 10.6 Å². The minimum Gasteiger partial charge on any atom is -0.322 e. The molecule has 3 aromatic rings. The minimum absolute atomic E-state index is 0.154. The molecular weight excluding hydrogens is 326 g/mol. The van der Waals surface area contributed by atoms with Gasteiger partial charge in [-0.15, -0.1) is 0 Å². The Morgan fingerprint density at radius 3 is 2.77 bits per heavy atom. The monoisotopic (exact) mass is 351 g/mol. The Hall–Kier alpha value is -2.73. The maximum Gasteiger partial charge on any atom is 0.257 e. The van der Waals surface area contributed by atoms with E-state index in [-0.39, 0.29) is 11.9 Å². The molecule has 1 aromatic carbocycles. The Kier molecular flexibility index (Phi) is 5.32. The number of amides is 1. The fourth-order valence-corrected chi connectivity index (χ4v) is 2.92. The van der Waals surface area contributed by atoms with Crippen LogP contribution in [0.1, 0.15) is 48.4 Å². The summed E-state index contributed by atoms with van der Waals surface area (Å²) in [4.78, 5) is 17.5. The van der Waals surface area contributed by atoms with Gasteiger partial charge in [0.15, 0.2) is 5.65 Å². The summed E-state index contributed by atoms with van der Waals surface area (Å²) in [6.07, 6.45) is 1.76. The Labute approximate surface area is 153 Å². The number of carbonyl (C=O) groups is 1. The van der Waals surface area contributed by atoms with Crippen molar-refractivity contribution in [2.75, 3.05) is 11.9 Å². The first-order chi connectivity index (χ1) is 12.5. The van der Waals surface area contributed by atoms with Gasteiger partial charge in [-0.05, 0) is 45.0 Å². The quantitative estimate of drug-likeness (QED) is 0.710. The highest BCUT2D eigenvalue weighted by Gasteiger charge is 2.16. The van der Waals surface area contributed by atoms with Gasteiger partial charge in [0.05, 0.1) is 17.5 Å². The van der Waals surface area contributed by atoms with Crippen LogP contribution in [0.2, 0.25) is 0 Å². The number of carbonyl (C=O) groups excluding carboxylic acids is 1. The Morgan fingerprint density at radius 2 is 2.04 bits per heavy atom. The van der Waals surface area contributed by atoms with E-state index in [0.29, 0.717) is 17.8 Å². The highest BCUT2D eigenvalue weighted by Crippen LogP contribution is 2.21. The molecule has 6 heteroatoms. The van der Waals surface area contributed by atoms with E-state index < -0.39 is 0 Å². The third-order valence-electron chi connectivity index (χ3n) is 4.32. The molecule has 2 aromatic heterocycles. The predicted molar refractivity (Wildman–Crippen MR) is 104 cm³/mol. The van der Waals surface area contributed by atoms with E-state index in [1.54, 1.807) is 6.20 Å². The van der Waals surface area contributed by atoms with Gasteiger partial charge in [0, 0.05) is 23.7 Å². The minimum atomic E-state index is -0.154. The average molecular weight is 351 g/mol. The largest absolute Gasteiger partial charge is 0.322 e. The molecule has 0 aliphatic heterocycles. The van der Waals surface area contributed by atoms with Gasteiger partial charge in [-0.1, -0.05) is 25.1 Å². The van der Waals surface area contributed by atoms with E-state index in [1.165, 1.54) is 0 Å². The molecule has 2 N–H and O–H groups in total. The SMILES string of the molecule is CCNCc1ccccc1NC(=O)c1cc2cnn(C(C)C)c2nc1C.